The number of hydrogen-bond acceptors (Lipinski definition) is 4. The number of carbonyl (C=O) groups excluding carboxylic acids is 1. The van der Waals surface area contributed by atoms with Gasteiger partial charge in [0.2, 0.25) is 0 Å². The van der Waals surface area contributed by atoms with Crippen LogP contribution in [-0.2, 0) is 4.74 Å². The Bertz CT molecular complexity index is 547. The van der Waals surface area contributed by atoms with E-state index in [2.05, 4.69) is 50.3 Å². The first kappa shape index (κ1) is 19.1. The van der Waals surface area contributed by atoms with Crippen LogP contribution in [0.4, 0.5) is 10.6 Å². The highest BCUT2D eigenvalue weighted by Crippen LogP contribution is 2.16. The normalized spacial score (nSPS) is 16.9. The topological polar surface area (TPSA) is 66.5 Å². The zero-order chi connectivity index (χ0) is 17.5. The Morgan fingerprint density at radius 3 is 2.71 bits per heavy atom. The van der Waals surface area contributed by atoms with E-state index in [9.17, 15) is 4.79 Å². The standard InChI is InChI=1S/C17H27BrN4O2/c1-12(2)10-14(22-6-8-24-9-7-22)11-19-17(23)21-16-5-4-15(18)13(3)20-16/h4-5,12,14H,6-11H2,1-3H3,(H2,19,20,21,23)/t14-/m1/s1. The highest BCUT2D eigenvalue weighted by molar-refractivity contribution is 9.10. The maximum atomic E-state index is 12.2. The minimum absolute atomic E-state index is 0.216. The van der Waals surface area contributed by atoms with E-state index in [4.69, 9.17) is 4.74 Å². The van der Waals surface area contributed by atoms with E-state index >= 15 is 0 Å². The summed E-state index contributed by atoms with van der Waals surface area (Å²) in [5.74, 6) is 1.14. The Morgan fingerprint density at radius 1 is 1.38 bits per heavy atom. The van der Waals surface area contributed by atoms with Crippen LogP contribution in [0.15, 0.2) is 16.6 Å². The average molecular weight is 399 g/mol. The van der Waals surface area contributed by atoms with E-state index in [1.54, 1.807) is 6.07 Å². The Hall–Kier alpha value is -1.18. The van der Waals surface area contributed by atoms with Crippen LogP contribution in [0.3, 0.4) is 0 Å². The van der Waals surface area contributed by atoms with Crippen LogP contribution >= 0.6 is 15.9 Å². The molecule has 0 unspecified atom stereocenters. The molecular weight excluding hydrogens is 372 g/mol. The summed E-state index contributed by atoms with van der Waals surface area (Å²) >= 11 is 3.41. The smallest absolute Gasteiger partial charge is 0.320 e. The lowest BCUT2D eigenvalue weighted by Gasteiger charge is -2.35. The predicted molar refractivity (Wildman–Crippen MR) is 99.3 cm³/mol. The molecule has 134 valence electrons. The zero-order valence-electron chi connectivity index (χ0n) is 14.6. The number of aromatic nitrogens is 1. The fraction of sp³-hybridized carbons (Fsp3) is 0.647. The number of rotatable bonds is 6. The molecule has 1 aromatic heterocycles. The molecule has 0 aliphatic carbocycles. The molecule has 1 aliphatic rings. The van der Waals surface area contributed by atoms with Crippen LogP contribution in [0.25, 0.3) is 0 Å². The molecule has 1 aliphatic heterocycles. The van der Waals surface area contributed by atoms with Gasteiger partial charge in [-0.2, -0.15) is 0 Å². The van der Waals surface area contributed by atoms with Gasteiger partial charge in [0.25, 0.3) is 0 Å². The number of urea groups is 1. The molecule has 1 saturated heterocycles. The van der Waals surface area contributed by atoms with Crippen molar-refractivity contribution < 1.29 is 9.53 Å². The first-order valence-electron chi connectivity index (χ1n) is 8.45. The van der Waals surface area contributed by atoms with Crippen molar-refractivity contribution in [1.29, 1.82) is 0 Å². The fourth-order valence-electron chi connectivity index (χ4n) is 2.83. The zero-order valence-corrected chi connectivity index (χ0v) is 16.2. The Morgan fingerprint density at radius 2 is 2.08 bits per heavy atom. The molecule has 0 aromatic carbocycles. The lowest BCUT2D eigenvalue weighted by molar-refractivity contribution is 0.0130. The molecular formula is C17H27BrN4O2. The quantitative estimate of drug-likeness (QED) is 0.772. The number of hydrogen-bond donors (Lipinski definition) is 2. The summed E-state index contributed by atoms with van der Waals surface area (Å²) in [4.78, 5) is 18.9. The van der Waals surface area contributed by atoms with Gasteiger partial charge in [-0.05, 0) is 47.3 Å². The molecule has 0 spiro atoms. The van der Waals surface area contributed by atoms with Gasteiger partial charge in [-0.15, -0.1) is 0 Å². The summed E-state index contributed by atoms with van der Waals surface area (Å²) in [5, 5.41) is 5.78. The van der Waals surface area contributed by atoms with Gasteiger partial charge >= 0.3 is 6.03 Å². The van der Waals surface area contributed by atoms with E-state index < -0.39 is 0 Å². The number of pyridine rings is 1. The Kier molecular flexibility index (Phi) is 7.45. The lowest BCUT2D eigenvalue weighted by atomic mass is 10.0. The van der Waals surface area contributed by atoms with Crippen molar-refractivity contribution in [3.63, 3.8) is 0 Å². The first-order chi connectivity index (χ1) is 11.5. The van der Waals surface area contributed by atoms with Crippen LogP contribution in [0.2, 0.25) is 0 Å². The Balaban J connectivity index is 1.87. The van der Waals surface area contributed by atoms with Gasteiger partial charge in [-0.25, -0.2) is 9.78 Å². The summed E-state index contributed by atoms with van der Waals surface area (Å²) < 4.78 is 6.36. The molecule has 2 rings (SSSR count). The van der Waals surface area contributed by atoms with Crippen molar-refractivity contribution in [3.8, 4) is 0 Å². The number of halogens is 1. The largest absolute Gasteiger partial charge is 0.379 e. The molecule has 2 heterocycles. The van der Waals surface area contributed by atoms with E-state index in [1.807, 2.05) is 13.0 Å². The summed E-state index contributed by atoms with van der Waals surface area (Å²) in [7, 11) is 0. The van der Waals surface area contributed by atoms with Crippen LogP contribution in [0, 0.1) is 12.8 Å². The molecule has 1 atom stereocenters. The molecule has 7 heteroatoms. The van der Waals surface area contributed by atoms with Crippen molar-refractivity contribution in [1.82, 2.24) is 15.2 Å². The molecule has 24 heavy (non-hydrogen) atoms. The number of aryl methyl sites for hydroxylation is 1. The minimum Gasteiger partial charge on any atom is -0.379 e. The van der Waals surface area contributed by atoms with E-state index in [-0.39, 0.29) is 6.03 Å². The Labute approximate surface area is 152 Å². The second-order valence-electron chi connectivity index (χ2n) is 6.53. The third-order valence-electron chi connectivity index (χ3n) is 4.07. The van der Waals surface area contributed by atoms with Gasteiger partial charge in [0.1, 0.15) is 5.82 Å². The highest BCUT2D eigenvalue weighted by atomic mass is 79.9. The SMILES string of the molecule is Cc1nc(NC(=O)NC[C@@H](CC(C)C)N2CCOCC2)ccc1Br. The summed E-state index contributed by atoms with van der Waals surface area (Å²) in [5.41, 5.74) is 0.846. The van der Waals surface area contributed by atoms with Crippen molar-refractivity contribution in [2.24, 2.45) is 5.92 Å². The van der Waals surface area contributed by atoms with Gasteiger partial charge in [-0.3, -0.25) is 10.2 Å². The number of carbonyl (C=O) groups is 1. The van der Waals surface area contributed by atoms with E-state index in [0.29, 0.717) is 24.3 Å². The minimum atomic E-state index is -0.216. The number of anilines is 1. The highest BCUT2D eigenvalue weighted by Gasteiger charge is 2.22. The van der Waals surface area contributed by atoms with Crippen LogP contribution in [0.1, 0.15) is 26.0 Å². The van der Waals surface area contributed by atoms with Gasteiger partial charge < -0.3 is 10.1 Å². The van der Waals surface area contributed by atoms with Crippen molar-refractivity contribution in [2.75, 3.05) is 38.2 Å². The predicted octanol–water partition coefficient (Wildman–Crippen LogP) is 3.02. The lowest BCUT2D eigenvalue weighted by Crippen LogP contribution is -2.49. The molecule has 0 bridgehead atoms. The number of ether oxygens (including phenoxy) is 1. The van der Waals surface area contributed by atoms with Gasteiger partial charge in [0, 0.05) is 30.1 Å². The molecule has 0 saturated carbocycles. The van der Waals surface area contributed by atoms with Crippen molar-refractivity contribution >= 4 is 27.8 Å². The molecule has 6 nitrogen and oxygen atoms in total. The number of amides is 2. The van der Waals surface area contributed by atoms with E-state index in [1.165, 1.54) is 0 Å². The summed E-state index contributed by atoms with van der Waals surface area (Å²) in [6.07, 6.45) is 1.05. The number of nitrogens with zero attached hydrogens (tertiary/aromatic N) is 2. The monoisotopic (exact) mass is 398 g/mol. The number of nitrogens with one attached hydrogen (secondary N) is 2. The molecule has 2 N–H and O–H groups in total. The second kappa shape index (κ2) is 9.34. The fourth-order valence-corrected chi connectivity index (χ4v) is 3.05. The maximum absolute atomic E-state index is 12.2. The summed E-state index contributed by atoms with van der Waals surface area (Å²) in [6, 6.07) is 3.78. The van der Waals surface area contributed by atoms with Crippen LogP contribution in [0.5, 0.6) is 0 Å². The van der Waals surface area contributed by atoms with Crippen LogP contribution in [-0.4, -0.2) is 54.8 Å². The van der Waals surface area contributed by atoms with Crippen molar-refractivity contribution in [2.45, 2.75) is 33.2 Å². The molecule has 2 amide bonds. The van der Waals surface area contributed by atoms with Gasteiger partial charge in [0.15, 0.2) is 0 Å². The average Bonchev–Trinajstić information content (AvgIpc) is 2.55. The van der Waals surface area contributed by atoms with Gasteiger partial charge in [0.05, 0.1) is 18.9 Å². The third kappa shape index (κ3) is 6.03. The third-order valence-corrected chi connectivity index (χ3v) is 4.90. The van der Waals surface area contributed by atoms with Crippen LogP contribution < -0.4 is 10.6 Å². The van der Waals surface area contributed by atoms with E-state index in [0.717, 1.165) is 42.9 Å². The summed E-state index contributed by atoms with van der Waals surface area (Å²) in [6.45, 7) is 10.3. The van der Waals surface area contributed by atoms with Gasteiger partial charge in [-0.1, -0.05) is 13.8 Å². The second-order valence-corrected chi connectivity index (χ2v) is 7.38. The molecule has 0 radical (unpaired) electrons. The van der Waals surface area contributed by atoms with Crippen molar-refractivity contribution in [3.05, 3.63) is 22.3 Å². The first-order valence-corrected chi connectivity index (χ1v) is 9.25. The maximum Gasteiger partial charge on any atom is 0.320 e. The number of morpholine rings is 1. The molecule has 1 aromatic rings. The molecule has 1 fully saturated rings.